The van der Waals surface area contributed by atoms with E-state index in [-0.39, 0.29) is 0 Å². The number of nitrogens with zero attached hydrogens (tertiary/aromatic N) is 1. The number of fused-ring (bicyclic) bond motifs is 3. The molecule has 2 aliphatic heterocycles. The molecule has 1 amide bonds. The fourth-order valence-electron chi connectivity index (χ4n) is 5.24. The molecule has 1 N–H and O–H groups in total. The zero-order valence-corrected chi connectivity index (χ0v) is 11.8. The summed E-state index contributed by atoms with van der Waals surface area (Å²) in [5.74, 6) is 4.62. The summed E-state index contributed by atoms with van der Waals surface area (Å²) in [5, 5.41) is 3.48. The Balaban J connectivity index is 1.33. The molecule has 4 fully saturated rings. The van der Waals surface area contributed by atoms with E-state index in [1.807, 2.05) is 0 Å². The van der Waals surface area contributed by atoms with Gasteiger partial charge in [0, 0.05) is 19.5 Å². The van der Waals surface area contributed by atoms with Gasteiger partial charge in [-0.1, -0.05) is 6.42 Å². The van der Waals surface area contributed by atoms with Gasteiger partial charge in [-0.05, 0) is 68.4 Å². The quantitative estimate of drug-likeness (QED) is 0.824. The van der Waals surface area contributed by atoms with Crippen molar-refractivity contribution in [3.63, 3.8) is 0 Å². The van der Waals surface area contributed by atoms with Crippen molar-refractivity contribution < 1.29 is 4.79 Å². The number of amides is 1. The van der Waals surface area contributed by atoms with Crippen molar-refractivity contribution in [2.45, 2.75) is 38.5 Å². The fraction of sp³-hybridized carbons (Fsp3) is 0.938. The van der Waals surface area contributed by atoms with E-state index >= 15 is 0 Å². The van der Waals surface area contributed by atoms with Gasteiger partial charge in [-0.25, -0.2) is 0 Å². The molecule has 2 bridgehead atoms. The first-order chi connectivity index (χ1) is 9.29. The number of hydrogen-bond acceptors (Lipinski definition) is 2. The third kappa shape index (κ3) is 2.20. The van der Waals surface area contributed by atoms with Crippen LogP contribution in [0.15, 0.2) is 0 Å². The standard InChI is InChI=1S/C16H26N2O/c19-16(7-14-6-11-1-2-12(14)5-11)18-4-3-13-8-17-9-15(13)10-18/h11-15,17H,1-10H2. The molecule has 5 atom stereocenters. The van der Waals surface area contributed by atoms with Gasteiger partial charge in [-0.15, -0.1) is 0 Å². The normalized spacial score (nSPS) is 44.6. The Kier molecular flexibility index (Phi) is 3.06. The highest BCUT2D eigenvalue weighted by Crippen LogP contribution is 2.49. The van der Waals surface area contributed by atoms with Crippen LogP contribution >= 0.6 is 0 Å². The molecule has 2 heterocycles. The molecule has 0 aromatic rings. The van der Waals surface area contributed by atoms with Crippen molar-refractivity contribution >= 4 is 5.91 Å². The summed E-state index contributed by atoms with van der Waals surface area (Å²) in [6.07, 6.45) is 7.68. The van der Waals surface area contributed by atoms with Crippen molar-refractivity contribution in [1.82, 2.24) is 10.2 Å². The van der Waals surface area contributed by atoms with Crippen LogP contribution in [0.4, 0.5) is 0 Å². The number of piperidine rings is 1. The Morgan fingerprint density at radius 2 is 1.95 bits per heavy atom. The van der Waals surface area contributed by atoms with E-state index in [1.54, 1.807) is 0 Å². The minimum absolute atomic E-state index is 0.461. The maximum atomic E-state index is 12.5. The monoisotopic (exact) mass is 262 g/mol. The topological polar surface area (TPSA) is 32.3 Å². The second-order valence-corrected chi connectivity index (χ2v) is 7.45. The zero-order valence-electron chi connectivity index (χ0n) is 11.8. The lowest BCUT2D eigenvalue weighted by atomic mass is 9.85. The molecule has 0 aromatic heterocycles. The van der Waals surface area contributed by atoms with Crippen molar-refractivity contribution in [3.8, 4) is 0 Å². The summed E-state index contributed by atoms with van der Waals surface area (Å²) in [6, 6.07) is 0. The molecule has 3 heteroatoms. The molecular formula is C16H26N2O. The summed E-state index contributed by atoms with van der Waals surface area (Å²) in [4.78, 5) is 14.7. The van der Waals surface area contributed by atoms with E-state index in [1.165, 1.54) is 38.6 Å². The molecule has 2 saturated carbocycles. The molecular weight excluding hydrogens is 236 g/mol. The van der Waals surface area contributed by atoms with E-state index in [9.17, 15) is 4.79 Å². The summed E-state index contributed by atoms with van der Waals surface area (Å²) in [5.41, 5.74) is 0. The van der Waals surface area contributed by atoms with Crippen LogP contribution in [0.1, 0.15) is 38.5 Å². The first-order valence-corrected chi connectivity index (χ1v) is 8.28. The van der Waals surface area contributed by atoms with Gasteiger partial charge in [0.05, 0.1) is 0 Å². The molecule has 0 spiro atoms. The summed E-state index contributed by atoms with van der Waals surface area (Å²) in [6.45, 7) is 4.35. The van der Waals surface area contributed by atoms with Crippen molar-refractivity contribution in [2.75, 3.05) is 26.2 Å². The Bertz CT molecular complexity index is 370. The molecule has 19 heavy (non-hydrogen) atoms. The molecule has 5 unspecified atom stereocenters. The summed E-state index contributed by atoms with van der Waals surface area (Å²) in [7, 11) is 0. The predicted octanol–water partition coefficient (Wildman–Crippen LogP) is 1.88. The van der Waals surface area contributed by atoms with Gasteiger partial charge < -0.3 is 10.2 Å². The minimum Gasteiger partial charge on any atom is -0.342 e. The van der Waals surface area contributed by atoms with Gasteiger partial charge >= 0.3 is 0 Å². The molecule has 3 nitrogen and oxygen atoms in total. The van der Waals surface area contributed by atoms with E-state index in [0.717, 1.165) is 55.6 Å². The van der Waals surface area contributed by atoms with Crippen LogP contribution in [0.3, 0.4) is 0 Å². The second kappa shape index (κ2) is 4.76. The van der Waals surface area contributed by atoms with Crippen LogP contribution in [0.25, 0.3) is 0 Å². The molecule has 2 saturated heterocycles. The lowest BCUT2D eigenvalue weighted by Gasteiger charge is -2.35. The van der Waals surface area contributed by atoms with Gasteiger partial charge in [0.1, 0.15) is 0 Å². The number of carbonyl (C=O) groups is 1. The lowest BCUT2D eigenvalue weighted by molar-refractivity contribution is -0.134. The smallest absolute Gasteiger partial charge is 0.222 e. The number of hydrogen-bond donors (Lipinski definition) is 1. The van der Waals surface area contributed by atoms with Gasteiger partial charge in [0.25, 0.3) is 0 Å². The van der Waals surface area contributed by atoms with Crippen LogP contribution in [0.5, 0.6) is 0 Å². The number of likely N-dealkylation sites (tertiary alicyclic amines) is 1. The minimum atomic E-state index is 0.461. The Morgan fingerprint density at radius 1 is 1.05 bits per heavy atom. The van der Waals surface area contributed by atoms with E-state index in [2.05, 4.69) is 10.2 Å². The largest absolute Gasteiger partial charge is 0.342 e. The van der Waals surface area contributed by atoms with E-state index < -0.39 is 0 Å². The number of rotatable bonds is 2. The summed E-state index contributed by atoms with van der Waals surface area (Å²) < 4.78 is 0. The predicted molar refractivity (Wildman–Crippen MR) is 74.6 cm³/mol. The summed E-state index contributed by atoms with van der Waals surface area (Å²) >= 11 is 0. The highest BCUT2D eigenvalue weighted by atomic mass is 16.2. The maximum absolute atomic E-state index is 12.5. The van der Waals surface area contributed by atoms with Crippen LogP contribution < -0.4 is 5.32 Å². The molecule has 106 valence electrons. The van der Waals surface area contributed by atoms with Gasteiger partial charge in [-0.3, -0.25) is 4.79 Å². The highest BCUT2D eigenvalue weighted by Gasteiger charge is 2.41. The van der Waals surface area contributed by atoms with Crippen molar-refractivity contribution in [3.05, 3.63) is 0 Å². The molecule has 0 aromatic carbocycles. The molecule has 4 aliphatic rings. The lowest BCUT2D eigenvalue weighted by Crippen LogP contribution is -2.44. The fourth-order valence-corrected chi connectivity index (χ4v) is 5.24. The van der Waals surface area contributed by atoms with Crippen molar-refractivity contribution in [2.24, 2.45) is 29.6 Å². The van der Waals surface area contributed by atoms with Crippen LogP contribution in [0, 0.1) is 29.6 Å². The Labute approximate surface area is 116 Å². The number of nitrogens with one attached hydrogen (secondary N) is 1. The first kappa shape index (κ1) is 12.2. The van der Waals surface area contributed by atoms with E-state index in [4.69, 9.17) is 0 Å². The van der Waals surface area contributed by atoms with Gasteiger partial charge in [-0.2, -0.15) is 0 Å². The maximum Gasteiger partial charge on any atom is 0.222 e. The highest BCUT2D eigenvalue weighted by molar-refractivity contribution is 5.76. The van der Waals surface area contributed by atoms with Crippen molar-refractivity contribution in [1.29, 1.82) is 0 Å². The average molecular weight is 262 g/mol. The van der Waals surface area contributed by atoms with Crippen LogP contribution in [-0.2, 0) is 4.79 Å². The second-order valence-electron chi connectivity index (χ2n) is 7.45. The third-order valence-electron chi connectivity index (χ3n) is 6.38. The van der Waals surface area contributed by atoms with Crippen LogP contribution in [-0.4, -0.2) is 37.0 Å². The third-order valence-corrected chi connectivity index (χ3v) is 6.38. The SMILES string of the molecule is O=C(CC1CC2CCC1C2)N1CCC2CNCC2C1. The zero-order chi connectivity index (χ0) is 12.8. The Hall–Kier alpha value is -0.570. The molecule has 2 aliphatic carbocycles. The first-order valence-electron chi connectivity index (χ1n) is 8.28. The Morgan fingerprint density at radius 3 is 2.74 bits per heavy atom. The van der Waals surface area contributed by atoms with Gasteiger partial charge in [0.15, 0.2) is 0 Å². The van der Waals surface area contributed by atoms with Crippen LogP contribution in [0.2, 0.25) is 0 Å². The molecule has 0 radical (unpaired) electrons. The average Bonchev–Trinajstić information content (AvgIpc) is 3.13. The van der Waals surface area contributed by atoms with Gasteiger partial charge in [0.2, 0.25) is 5.91 Å². The van der Waals surface area contributed by atoms with E-state index in [0.29, 0.717) is 5.91 Å². The molecule has 4 rings (SSSR count). The number of carbonyl (C=O) groups excluding carboxylic acids is 1.